The van der Waals surface area contributed by atoms with Crippen LogP contribution in [-0.2, 0) is 6.42 Å². The average molecular weight is 332 g/mol. The van der Waals surface area contributed by atoms with E-state index >= 15 is 0 Å². The summed E-state index contributed by atoms with van der Waals surface area (Å²) in [5.74, 6) is 0.0338. The molecule has 106 valence electrons. The Hall–Kier alpha value is -1.50. The Morgan fingerprint density at radius 1 is 1.29 bits per heavy atom. The molecular formula is C15H12N2OS3. The SMILES string of the molecule is O=C(c1cscn1)N1CCc2sccc2[C@H]1c1cccs1. The molecule has 1 aliphatic heterocycles. The Kier molecular flexibility index (Phi) is 3.37. The number of amides is 1. The van der Waals surface area contributed by atoms with Gasteiger partial charge in [0.2, 0.25) is 0 Å². The molecule has 1 aliphatic rings. The van der Waals surface area contributed by atoms with Crippen LogP contribution in [0.4, 0.5) is 0 Å². The van der Waals surface area contributed by atoms with E-state index in [4.69, 9.17) is 0 Å². The molecule has 3 aromatic heterocycles. The molecule has 21 heavy (non-hydrogen) atoms. The number of nitrogens with zero attached hydrogens (tertiary/aromatic N) is 2. The molecule has 0 fully saturated rings. The zero-order valence-corrected chi connectivity index (χ0v) is 13.5. The van der Waals surface area contributed by atoms with Crippen LogP contribution in [0.3, 0.4) is 0 Å². The smallest absolute Gasteiger partial charge is 0.274 e. The van der Waals surface area contributed by atoms with Crippen molar-refractivity contribution < 1.29 is 4.79 Å². The van der Waals surface area contributed by atoms with Crippen molar-refractivity contribution in [3.8, 4) is 0 Å². The number of thiazole rings is 1. The minimum absolute atomic E-state index is 0.0338. The lowest BCUT2D eigenvalue weighted by molar-refractivity contribution is 0.0693. The van der Waals surface area contributed by atoms with Gasteiger partial charge in [-0.05, 0) is 34.9 Å². The second kappa shape index (κ2) is 5.36. The molecule has 0 aromatic carbocycles. The van der Waals surface area contributed by atoms with Gasteiger partial charge in [-0.15, -0.1) is 34.0 Å². The monoisotopic (exact) mass is 332 g/mol. The third-order valence-corrected chi connectivity index (χ3v) is 6.20. The van der Waals surface area contributed by atoms with Gasteiger partial charge in [0.15, 0.2) is 0 Å². The summed E-state index contributed by atoms with van der Waals surface area (Å²) in [4.78, 5) is 21.5. The summed E-state index contributed by atoms with van der Waals surface area (Å²) in [5.41, 5.74) is 3.55. The van der Waals surface area contributed by atoms with E-state index in [1.807, 2.05) is 16.3 Å². The van der Waals surface area contributed by atoms with Gasteiger partial charge in [-0.1, -0.05) is 6.07 Å². The maximum Gasteiger partial charge on any atom is 0.274 e. The van der Waals surface area contributed by atoms with Crippen LogP contribution in [0.1, 0.15) is 31.8 Å². The topological polar surface area (TPSA) is 33.2 Å². The molecule has 0 N–H and O–H groups in total. The Morgan fingerprint density at radius 2 is 2.24 bits per heavy atom. The number of rotatable bonds is 2. The molecule has 3 aromatic rings. The third-order valence-electron chi connectivity index (χ3n) is 3.69. The molecule has 0 unspecified atom stereocenters. The normalized spacial score (nSPS) is 17.7. The number of thiophene rings is 2. The molecule has 0 saturated heterocycles. The van der Waals surface area contributed by atoms with Gasteiger partial charge in [0, 0.05) is 21.7 Å². The van der Waals surface area contributed by atoms with Crippen LogP contribution in [0.5, 0.6) is 0 Å². The van der Waals surface area contributed by atoms with E-state index in [-0.39, 0.29) is 11.9 Å². The van der Waals surface area contributed by atoms with Crippen molar-refractivity contribution in [2.45, 2.75) is 12.5 Å². The quantitative estimate of drug-likeness (QED) is 0.709. The Balaban J connectivity index is 1.78. The highest BCUT2D eigenvalue weighted by atomic mass is 32.1. The maximum absolute atomic E-state index is 12.8. The number of carbonyl (C=O) groups excluding carboxylic acids is 1. The molecule has 0 spiro atoms. The van der Waals surface area contributed by atoms with Gasteiger partial charge >= 0.3 is 0 Å². The molecule has 0 bridgehead atoms. The molecule has 1 amide bonds. The Morgan fingerprint density at radius 3 is 3.00 bits per heavy atom. The summed E-state index contributed by atoms with van der Waals surface area (Å²) < 4.78 is 0. The molecule has 1 atom stereocenters. The average Bonchev–Trinajstić information content (AvgIpc) is 3.25. The van der Waals surface area contributed by atoms with Crippen LogP contribution in [-0.4, -0.2) is 22.3 Å². The van der Waals surface area contributed by atoms with Crippen molar-refractivity contribution in [3.63, 3.8) is 0 Å². The van der Waals surface area contributed by atoms with Crippen LogP contribution in [0, 0.1) is 0 Å². The highest BCUT2D eigenvalue weighted by molar-refractivity contribution is 7.10. The second-order valence-corrected chi connectivity index (χ2v) is 7.54. The van der Waals surface area contributed by atoms with E-state index in [9.17, 15) is 4.79 Å². The van der Waals surface area contributed by atoms with Crippen molar-refractivity contribution in [1.29, 1.82) is 0 Å². The van der Waals surface area contributed by atoms with E-state index in [0.29, 0.717) is 5.69 Å². The molecule has 4 rings (SSSR count). The largest absolute Gasteiger partial charge is 0.325 e. The molecular weight excluding hydrogens is 320 g/mol. The van der Waals surface area contributed by atoms with Crippen LogP contribution in [0.2, 0.25) is 0 Å². The molecule has 3 nitrogen and oxygen atoms in total. The standard InChI is InChI=1S/C15H12N2OS3/c18-15(11-8-19-9-16-11)17-5-3-12-10(4-7-21-12)14(17)13-2-1-6-20-13/h1-2,4,6-9,14H,3,5H2/t14-/m0/s1. The first kappa shape index (κ1) is 13.2. The molecule has 0 aliphatic carbocycles. The zero-order chi connectivity index (χ0) is 14.2. The number of aromatic nitrogens is 1. The Labute approximate surface area is 134 Å². The lowest BCUT2D eigenvalue weighted by atomic mass is 9.98. The van der Waals surface area contributed by atoms with Gasteiger partial charge in [-0.3, -0.25) is 4.79 Å². The summed E-state index contributed by atoms with van der Waals surface area (Å²) in [7, 11) is 0. The van der Waals surface area contributed by atoms with Gasteiger partial charge in [-0.25, -0.2) is 4.98 Å². The first-order valence-corrected chi connectivity index (χ1v) is 9.33. The van der Waals surface area contributed by atoms with Gasteiger partial charge in [-0.2, -0.15) is 0 Å². The molecule has 4 heterocycles. The summed E-state index contributed by atoms with van der Waals surface area (Å²) in [6.07, 6.45) is 0.935. The first-order valence-electron chi connectivity index (χ1n) is 6.63. The van der Waals surface area contributed by atoms with Crippen LogP contribution in [0.15, 0.2) is 39.8 Å². The van der Waals surface area contributed by atoms with Crippen LogP contribution in [0.25, 0.3) is 0 Å². The number of hydrogen-bond acceptors (Lipinski definition) is 5. The molecule has 6 heteroatoms. The fourth-order valence-electron chi connectivity index (χ4n) is 2.75. The predicted octanol–water partition coefficient (Wildman–Crippen LogP) is 4.05. The fourth-order valence-corrected chi connectivity index (χ4v) is 5.04. The number of fused-ring (bicyclic) bond motifs is 1. The maximum atomic E-state index is 12.8. The second-order valence-electron chi connectivity index (χ2n) is 4.84. The summed E-state index contributed by atoms with van der Waals surface area (Å²) in [6, 6.07) is 6.36. The highest BCUT2D eigenvalue weighted by Gasteiger charge is 2.34. The number of carbonyl (C=O) groups is 1. The van der Waals surface area contributed by atoms with Crippen molar-refractivity contribution in [2.24, 2.45) is 0 Å². The van der Waals surface area contributed by atoms with E-state index in [1.54, 1.807) is 28.2 Å². The molecule has 0 radical (unpaired) electrons. The fraction of sp³-hybridized carbons (Fsp3) is 0.200. The Bertz CT molecular complexity index is 746. The van der Waals surface area contributed by atoms with E-state index in [2.05, 4.69) is 27.9 Å². The lowest BCUT2D eigenvalue weighted by Gasteiger charge is -2.35. The lowest BCUT2D eigenvalue weighted by Crippen LogP contribution is -2.39. The van der Waals surface area contributed by atoms with Gasteiger partial charge in [0.25, 0.3) is 5.91 Å². The van der Waals surface area contributed by atoms with E-state index in [1.165, 1.54) is 26.7 Å². The van der Waals surface area contributed by atoms with Gasteiger partial charge in [0.05, 0.1) is 11.6 Å². The zero-order valence-electron chi connectivity index (χ0n) is 11.1. The van der Waals surface area contributed by atoms with Gasteiger partial charge in [0.1, 0.15) is 5.69 Å². The van der Waals surface area contributed by atoms with E-state index < -0.39 is 0 Å². The van der Waals surface area contributed by atoms with Crippen LogP contribution >= 0.6 is 34.0 Å². The minimum atomic E-state index is 0.0338. The molecule has 0 saturated carbocycles. The minimum Gasteiger partial charge on any atom is -0.325 e. The van der Waals surface area contributed by atoms with E-state index in [0.717, 1.165) is 13.0 Å². The van der Waals surface area contributed by atoms with Crippen LogP contribution < -0.4 is 0 Å². The van der Waals surface area contributed by atoms with Gasteiger partial charge < -0.3 is 4.90 Å². The summed E-state index contributed by atoms with van der Waals surface area (Å²) in [5, 5.41) is 6.03. The number of hydrogen-bond donors (Lipinski definition) is 0. The van der Waals surface area contributed by atoms with Crippen molar-refractivity contribution in [3.05, 3.63) is 60.9 Å². The summed E-state index contributed by atoms with van der Waals surface area (Å²) >= 11 is 4.96. The first-order chi connectivity index (χ1) is 10.3. The third kappa shape index (κ3) is 2.23. The highest BCUT2D eigenvalue weighted by Crippen LogP contribution is 2.40. The van der Waals surface area contributed by atoms with Crippen molar-refractivity contribution in [1.82, 2.24) is 9.88 Å². The predicted molar refractivity (Wildman–Crippen MR) is 87.3 cm³/mol. The van der Waals surface area contributed by atoms with Crippen molar-refractivity contribution in [2.75, 3.05) is 6.54 Å². The van der Waals surface area contributed by atoms with Crippen molar-refractivity contribution >= 4 is 39.9 Å². The summed E-state index contributed by atoms with van der Waals surface area (Å²) in [6.45, 7) is 0.756.